The van der Waals surface area contributed by atoms with E-state index < -0.39 is 9.84 Å². The molecule has 0 saturated carbocycles. The Hall–Kier alpha value is -1.51. The van der Waals surface area contributed by atoms with Crippen LogP contribution in [0.1, 0.15) is 6.42 Å². The molecule has 116 valence electrons. The number of sulfone groups is 1. The zero-order valence-corrected chi connectivity index (χ0v) is 12.8. The van der Waals surface area contributed by atoms with Crippen molar-refractivity contribution in [2.75, 3.05) is 44.3 Å². The monoisotopic (exact) mass is 312 g/mol. The molecule has 1 aliphatic heterocycles. The summed E-state index contributed by atoms with van der Waals surface area (Å²) in [6.07, 6.45) is 3.48. The van der Waals surface area contributed by atoms with Gasteiger partial charge in [-0.1, -0.05) is 0 Å². The Morgan fingerprint density at radius 2 is 2.19 bits per heavy atom. The summed E-state index contributed by atoms with van der Waals surface area (Å²) in [4.78, 5) is 17.9. The van der Waals surface area contributed by atoms with Crippen LogP contribution in [0.2, 0.25) is 0 Å². The van der Waals surface area contributed by atoms with Gasteiger partial charge in [0.15, 0.2) is 14.9 Å². The van der Waals surface area contributed by atoms with Gasteiger partial charge in [-0.15, -0.1) is 0 Å². The molecule has 1 amide bonds. The van der Waals surface area contributed by atoms with Crippen molar-refractivity contribution < 1.29 is 13.2 Å². The van der Waals surface area contributed by atoms with Crippen LogP contribution < -0.4 is 10.6 Å². The number of hydrogen-bond acceptors (Lipinski definition) is 6. The van der Waals surface area contributed by atoms with E-state index in [9.17, 15) is 13.2 Å². The molecule has 0 radical (unpaired) electrons. The highest BCUT2D eigenvalue weighted by Crippen LogP contribution is 2.10. The summed E-state index contributed by atoms with van der Waals surface area (Å²) in [5.41, 5.74) is 0.500. The number of anilines is 1. The number of carbonyl (C=O) groups excluding carboxylic acids is 1. The Kier molecular flexibility index (Phi) is 5.27. The van der Waals surface area contributed by atoms with Crippen molar-refractivity contribution in [1.82, 2.24) is 15.2 Å². The minimum atomic E-state index is -3.31. The molecule has 0 aromatic carbocycles. The first-order chi connectivity index (χ1) is 9.95. The minimum absolute atomic E-state index is 0.000841. The van der Waals surface area contributed by atoms with E-state index in [4.69, 9.17) is 0 Å². The topological polar surface area (TPSA) is 91.4 Å². The van der Waals surface area contributed by atoms with Gasteiger partial charge < -0.3 is 10.6 Å². The minimum Gasteiger partial charge on any atom is -0.324 e. The predicted molar refractivity (Wildman–Crippen MR) is 79.9 cm³/mol. The quantitative estimate of drug-likeness (QED) is 0.794. The highest BCUT2D eigenvalue weighted by atomic mass is 32.2. The zero-order valence-electron chi connectivity index (χ0n) is 12.0. The molecule has 2 heterocycles. The van der Waals surface area contributed by atoms with E-state index in [2.05, 4.69) is 20.5 Å². The molecule has 1 aromatic rings. The van der Waals surface area contributed by atoms with Crippen LogP contribution in [-0.4, -0.2) is 63.2 Å². The molecular formula is C13H20N4O3S. The molecule has 0 atom stereocenters. The van der Waals surface area contributed by atoms with E-state index in [0.717, 1.165) is 38.9 Å². The average Bonchev–Trinajstić information content (AvgIpc) is 2.67. The third kappa shape index (κ3) is 5.07. The molecule has 0 aliphatic carbocycles. The lowest BCUT2D eigenvalue weighted by molar-refractivity contribution is -0.117. The molecule has 1 fully saturated rings. The third-order valence-electron chi connectivity index (χ3n) is 3.20. The molecule has 7 nitrogen and oxygen atoms in total. The van der Waals surface area contributed by atoms with Crippen molar-refractivity contribution in [3.8, 4) is 0 Å². The Morgan fingerprint density at radius 1 is 1.38 bits per heavy atom. The van der Waals surface area contributed by atoms with E-state index in [1.54, 1.807) is 6.07 Å². The lowest BCUT2D eigenvalue weighted by Gasteiger charge is -2.18. The Bertz CT molecular complexity index is 578. The van der Waals surface area contributed by atoms with E-state index in [-0.39, 0.29) is 10.9 Å². The summed E-state index contributed by atoms with van der Waals surface area (Å²) in [6.45, 7) is 3.94. The van der Waals surface area contributed by atoms with Gasteiger partial charge in [-0.2, -0.15) is 0 Å². The number of hydrogen-bond donors (Lipinski definition) is 2. The highest BCUT2D eigenvalue weighted by Gasteiger charge is 2.13. The number of rotatable bonds is 4. The second kappa shape index (κ2) is 6.97. The van der Waals surface area contributed by atoms with Crippen LogP contribution in [0.5, 0.6) is 0 Å². The fourth-order valence-electron chi connectivity index (χ4n) is 2.14. The van der Waals surface area contributed by atoms with Crippen LogP contribution in [0.4, 0.5) is 5.69 Å². The first kappa shape index (κ1) is 15.9. The second-order valence-electron chi connectivity index (χ2n) is 5.09. The van der Waals surface area contributed by atoms with Crippen LogP contribution in [0.15, 0.2) is 23.4 Å². The molecule has 0 bridgehead atoms. The molecule has 0 unspecified atom stereocenters. The van der Waals surface area contributed by atoms with Crippen molar-refractivity contribution in [1.29, 1.82) is 0 Å². The van der Waals surface area contributed by atoms with Gasteiger partial charge in [0, 0.05) is 19.3 Å². The zero-order chi connectivity index (χ0) is 15.3. The van der Waals surface area contributed by atoms with Crippen molar-refractivity contribution in [2.24, 2.45) is 0 Å². The van der Waals surface area contributed by atoms with Gasteiger partial charge in [-0.25, -0.2) is 13.4 Å². The number of nitrogens with one attached hydrogen (secondary N) is 2. The second-order valence-corrected chi connectivity index (χ2v) is 7.05. The summed E-state index contributed by atoms with van der Waals surface area (Å²) in [5, 5.41) is 6.01. The standard InChI is InChI=1S/C13H20N4O3S/c1-21(19,20)13-4-3-11(9-15-13)16-12(18)10-17-7-2-5-14-6-8-17/h3-4,9,14H,2,5-8,10H2,1H3,(H,16,18). The van der Waals surface area contributed by atoms with Gasteiger partial charge in [0.1, 0.15) is 0 Å². The Balaban J connectivity index is 1.90. The van der Waals surface area contributed by atoms with E-state index >= 15 is 0 Å². The van der Waals surface area contributed by atoms with Crippen LogP contribution in [0, 0.1) is 0 Å². The number of amides is 1. The summed E-state index contributed by atoms with van der Waals surface area (Å²) >= 11 is 0. The smallest absolute Gasteiger partial charge is 0.238 e. The third-order valence-corrected chi connectivity index (χ3v) is 4.20. The first-order valence-corrected chi connectivity index (χ1v) is 8.73. The van der Waals surface area contributed by atoms with E-state index in [0.29, 0.717) is 12.2 Å². The molecule has 21 heavy (non-hydrogen) atoms. The lowest BCUT2D eigenvalue weighted by atomic mass is 10.3. The predicted octanol–water partition coefficient (Wildman–Crippen LogP) is -0.281. The van der Waals surface area contributed by atoms with Crippen molar-refractivity contribution in [3.63, 3.8) is 0 Å². The number of nitrogens with zero attached hydrogens (tertiary/aromatic N) is 2. The Labute approximate surface area is 124 Å². The summed E-state index contributed by atoms with van der Waals surface area (Å²) in [7, 11) is -3.31. The molecule has 0 spiro atoms. The lowest BCUT2D eigenvalue weighted by Crippen LogP contribution is -2.35. The van der Waals surface area contributed by atoms with E-state index in [1.165, 1.54) is 12.3 Å². The molecule has 1 aromatic heterocycles. The van der Waals surface area contributed by atoms with Crippen LogP contribution in [-0.2, 0) is 14.6 Å². The molecule has 2 rings (SSSR count). The van der Waals surface area contributed by atoms with Gasteiger partial charge in [-0.05, 0) is 31.6 Å². The first-order valence-electron chi connectivity index (χ1n) is 6.84. The largest absolute Gasteiger partial charge is 0.324 e. The van der Waals surface area contributed by atoms with Crippen molar-refractivity contribution in [3.05, 3.63) is 18.3 Å². The van der Waals surface area contributed by atoms with Crippen LogP contribution >= 0.6 is 0 Å². The Morgan fingerprint density at radius 3 is 2.86 bits per heavy atom. The highest BCUT2D eigenvalue weighted by molar-refractivity contribution is 7.90. The van der Waals surface area contributed by atoms with Gasteiger partial charge >= 0.3 is 0 Å². The van der Waals surface area contributed by atoms with Crippen molar-refractivity contribution in [2.45, 2.75) is 11.4 Å². The van der Waals surface area contributed by atoms with Gasteiger partial charge in [-0.3, -0.25) is 9.69 Å². The summed E-state index contributed by atoms with van der Waals surface area (Å²) in [5.74, 6) is -0.120. The number of aromatic nitrogens is 1. The molecular weight excluding hydrogens is 292 g/mol. The molecule has 1 aliphatic rings. The van der Waals surface area contributed by atoms with Gasteiger partial charge in [0.25, 0.3) is 0 Å². The van der Waals surface area contributed by atoms with Crippen LogP contribution in [0.3, 0.4) is 0 Å². The number of pyridine rings is 1. The van der Waals surface area contributed by atoms with Crippen LogP contribution in [0.25, 0.3) is 0 Å². The normalized spacial score (nSPS) is 17.2. The maximum Gasteiger partial charge on any atom is 0.238 e. The maximum absolute atomic E-state index is 12.0. The summed E-state index contributed by atoms with van der Waals surface area (Å²) in [6, 6.07) is 2.94. The SMILES string of the molecule is CS(=O)(=O)c1ccc(NC(=O)CN2CCCNCC2)cn1. The average molecular weight is 312 g/mol. The fraction of sp³-hybridized carbons (Fsp3) is 0.538. The maximum atomic E-state index is 12.0. The van der Waals surface area contributed by atoms with Gasteiger partial charge in [0.05, 0.1) is 18.4 Å². The van der Waals surface area contributed by atoms with Crippen molar-refractivity contribution >= 4 is 21.4 Å². The summed E-state index contributed by atoms with van der Waals surface area (Å²) < 4.78 is 22.6. The molecule has 8 heteroatoms. The van der Waals surface area contributed by atoms with Gasteiger partial charge in [0.2, 0.25) is 5.91 Å². The number of carbonyl (C=O) groups is 1. The molecule has 2 N–H and O–H groups in total. The fourth-order valence-corrected chi connectivity index (χ4v) is 2.70. The molecule has 1 saturated heterocycles. The van der Waals surface area contributed by atoms with E-state index in [1.807, 2.05) is 0 Å².